The van der Waals surface area contributed by atoms with E-state index in [1.54, 1.807) is 12.1 Å². The summed E-state index contributed by atoms with van der Waals surface area (Å²) in [7, 11) is -3.13. The van der Waals surface area contributed by atoms with Gasteiger partial charge in [-0.3, -0.25) is 11.3 Å². The predicted molar refractivity (Wildman–Crippen MR) is 83.0 cm³/mol. The van der Waals surface area contributed by atoms with Crippen molar-refractivity contribution >= 4 is 9.84 Å². The number of hydrogen-bond donors (Lipinski definition) is 2. The molecule has 0 radical (unpaired) electrons. The van der Waals surface area contributed by atoms with E-state index in [1.165, 1.54) is 31.9 Å². The normalized spacial score (nSPS) is 13.3. The van der Waals surface area contributed by atoms with Crippen molar-refractivity contribution in [2.75, 3.05) is 6.26 Å². The second kappa shape index (κ2) is 8.39. The van der Waals surface area contributed by atoms with Crippen molar-refractivity contribution < 1.29 is 8.42 Å². The third kappa shape index (κ3) is 5.61. The van der Waals surface area contributed by atoms with Gasteiger partial charge in [0.2, 0.25) is 0 Å². The summed E-state index contributed by atoms with van der Waals surface area (Å²) < 4.78 is 22.8. The van der Waals surface area contributed by atoms with Gasteiger partial charge in [0.1, 0.15) is 0 Å². The van der Waals surface area contributed by atoms with E-state index in [2.05, 4.69) is 12.3 Å². The Balaban J connectivity index is 2.57. The van der Waals surface area contributed by atoms with E-state index in [0.717, 1.165) is 18.4 Å². The Kier molecular flexibility index (Phi) is 7.19. The second-order valence-electron chi connectivity index (χ2n) is 5.26. The van der Waals surface area contributed by atoms with Crippen LogP contribution in [0.5, 0.6) is 0 Å². The summed E-state index contributed by atoms with van der Waals surface area (Å²) in [5.74, 6) is 5.60. The van der Waals surface area contributed by atoms with E-state index in [1.807, 2.05) is 12.1 Å². The highest BCUT2D eigenvalue weighted by Crippen LogP contribution is 2.21. The second-order valence-corrected chi connectivity index (χ2v) is 7.28. The minimum absolute atomic E-state index is 0.0882. The van der Waals surface area contributed by atoms with E-state index >= 15 is 0 Å². The topological polar surface area (TPSA) is 72.2 Å². The molecule has 0 saturated heterocycles. The van der Waals surface area contributed by atoms with Crippen molar-refractivity contribution in [3.05, 3.63) is 29.8 Å². The first-order chi connectivity index (χ1) is 9.49. The number of unbranched alkanes of at least 4 members (excludes halogenated alkanes) is 4. The van der Waals surface area contributed by atoms with Crippen LogP contribution in [-0.2, 0) is 9.84 Å². The van der Waals surface area contributed by atoms with Gasteiger partial charge in [0.05, 0.1) is 4.90 Å². The van der Waals surface area contributed by atoms with Crippen LogP contribution in [0.1, 0.15) is 57.1 Å². The van der Waals surface area contributed by atoms with Gasteiger partial charge in [0.25, 0.3) is 0 Å². The highest BCUT2D eigenvalue weighted by atomic mass is 32.2. The summed E-state index contributed by atoms with van der Waals surface area (Å²) in [6.45, 7) is 2.20. The van der Waals surface area contributed by atoms with Crippen LogP contribution >= 0.6 is 0 Å². The maximum atomic E-state index is 11.4. The zero-order chi connectivity index (χ0) is 15.0. The van der Waals surface area contributed by atoms with Gasteiger partial charge < -0.3 is 0 Å². The molecule has 1 unspecified atom stereocenters. The van der Waals surface area contributed by atoms with Crippen LogP contribution in [0.3, 0.4) is 0 Å². The predicted octanol–water partition coefficient (Wildman–Crippen LogP) is 2.96. The van der Waals surface area contributed by atoms with Crippen molar-refractivity contribution in [1.82, 2.24) is 5.43 Å². The quantitative estimate of drug-likeness (QED) is 0.418. The summed E-state index contributed by atoms with van der Waals surface area (Å²) in [6.07, 6.45) is 8.32. The number of rotatable bonds is 9. The molecule has 0 aromatic heterocycles. The molecular formula is C15H26N2O2S. The maximum Gasteiger partial charge on any atom is 0.175 e. The van der Waals surface area contributed by atoms with Crippen LogP contribution < -0.4 is 11.3 Å². The van der Waals surface area contributed by atoms with E-state index in [9.17, 15) is 8.42 Å². The molecule has 0 fully saturated rings. The summed E-state index contributed by atoms with van der Waals surface area (Å²) in [6, 6.07) is 7.06. The molecule has 5 heteroatoms. The number of sulfone groups is 1. The minimum atomic E-state index is -3.13. The summed E-state index contributed by atoms with van der Waals surface area (Å²) in [4.78, 5) is 0.347. The standard InChI is InChI=1S/C15H26N2O2S/c1-3-4-5-6-7-8-15(17-16)13-9-11-14(12-10-13)20(2,18)19/h9-12,15,17H,3-8,16H2,1-2H3. The molecule has 1 rings (SSSR count). The highest BCUT2D eigenvalue weighted by Gasteiger charge is 2.11. The number of nitrogens with one attached hydrogen (secondary N) is 1. The van der Waals surface area contributed by atoms with E-state index < -0.39 is 9.84 Å². The number of hydrogen-bond acceptors (Lipinski definition) is 4. The fourth-order valence-corrected chi connectivity index (χ4v) is 2.88. The molecule has 0 amide bonds. The molecule has 0 bridgehead atoms. The van der Waals surface area contributed by atoms with Gasteiger partial charge in [0.15, 0.2) is 9.84 Å². The lowest BCUT2D eigenvalue weighted by atomic mass is 10.0. The Hall–Kier alpha value is -0.910. The lowest BCUT2D eigenvalue weighted by molar-refractivity contribution is 0.478. The first-order valence-electron chi connectivity index (χ1n) is 7.25. The molecular weight excluding hydrogens is 272 g/mol. The molecule has 114 valence electrons. The van der Waals surface area contributed by atoms with Gasteiger partial charge in [-0.15, -0.1) is 0 Å². The zero-order valence-electron chi connectivity index (χ0n) is 12.4. The molecule has 0 saturated carbocycles. The molecule has 20 heavy (non-hydrogen) atoms. The van der Waals surface area contributed by atoms with E-state index in [4.69, 9.17) is 5.84 Å². The molecule has 4 nitrogen and oxygen atoms in total. The fraction of sp³-hybridized carbons (Fsp3) is 0.600. The molecule has 1 aromatic rings. The first kappa shape index (κ1) is 17.1. The Morgan fingerprint density at radius 1 is 1.10 bits per heavy atom. The smallest absolute Gasteiger partial charge is 0.175 e. The van der Waals surface area contributed by atoms with Crippen LogP contribution in [-0.4, -0.2) is 14.7 Å². The fourth-order valence-electron chi connectivity index (χ4n) is 2.25. The molecule has 3 N–H and O–H groups in total. The van der Waals surface area contributed by atoms with Crippen molar-refractivity contribution in [2.45, 2.75) is 56.4 Å². The molecule has 0 heterocycles. The zero-order valence-corrected chi connectivity index (χ0v) is 13.2. The van der Waals surface area contributed by atoms with Gasteiger partial charge in [-0.1, -0.05) is 51.2 Å². The number of nitrogens with two attached hydrogens (primary N) is 1. The average molecular weight is 298 g/mol. The van der Waals surface area contributed by atoms with Gasteiger partial charge in [-0.25, -0.2) is 8.42 Å². The highest BCUT2D eigenvalue weighted by molar-refractivity contribution is 7.90. The molecule has 1 aromatic carbocycles. The van der Waals surface area contributed by atoms with Gasteiger partial charge in [-0.05, 0) is 24.1 Å². The van der Waals surface area contributed by atoms with Gasteiger partial charge >= 0.3 is 0 Å². The van der Waals surface area contributed by atoms with Crippen LogP contribution in [0.4, 0.5) is 0 Å². The Morgan fingerprint density at radius 3 is 2.20 bits per heavy atom. The van der Waals surface area contributed by atoms with Crippen molar-refractivity contribution in [1.29, 1.82) is 0 Å². The average Bonchev–Trinajstić information content (AvgIpc) is 2.42. The summed E-state index contributed by atoms with van der Waals surface area (Å²) in [5, 5.41) is 0. The minimum Gasteiger partial charge on any atom is -0.271 e. The van der Waals surface area contributed by atoms with Crippen LogP contribution in [0.25, 0.3) is 0 Å². The van der Waals surface area contributed by atoms with Crippen molar-refractivity contribution in [3.63, 3.8) is 0 Å². The third-order valence-electron chi connectivity index (χ3n) is 3.51. The Bertz CT molecular complexity index is 483. The largest absolute Gasteiger partial charge is 0.271 e. The van der Waals surface area contributed by atoms with Crippen LogP contribution in [0.2, 0.25) is 0 Å². The maximum absolute atomic E-state index is 11.4. The molecule has 1 atom stereocenters. The summed E-state index contributed by atoms with van der Waals surface area (Å²) >= 11 is 0. The lowest BCUT2D eigenvalue weighted by Gasteiger charge is -2.16. The van der Waals surface area contributed by atoms with Crippen LogP contribution in [0, 0.1) is 0 Å². The number of benzene rings is 1. The summed E-state index contributed by atoms with van der Waals surface area (Å²) in [5.41, 5.74) is 3.86. The Morgan fingerprint density at radius 2 is 1.70 bits per heavy atom. The SMILES string of the molecule is CCCCCCCC(NN)c1ccc(S(C)(=O)=O)cc1. The molecule has 0 aliphatic heterocycles. The third-order valence-corrected chi connectivity index (χ3v) is 4.64. The van der Waals surface area contributed by atoms with Gasteiger partial charge in [-0.2, -0.15) is 0 Å². The first-order valence-corrected chi connectivity index (χ1v) is 9.14. The van der Waals surface area contributed by atoms with Crippen molar-refractivity contribution in [2.24, 2.45) is 5.84 Å². The van der Waals surface area contributed by atoms with E-state index in [0.29, 0.717) is 4.90 Å². The van der Waals surface area contributed by atoms with Crippen LogP contribution in [0.15, 0.2) is 29.2 Å². The van der Waals surface area contributed by atoms with E-state index in [-0.39, 0.29) is 6.04 Å². The molecule has 0 spiro atoms. The molecule has 0 aliphatic rings. The number of hydrazine groups is 1. The van der Waals surface area contributed by atoms with Crippen molar-refractivity contribution in [3.8, 4) is 0 Å². The Labute approximate surface area is 122 Å². The monoisotopic (exact) mass is 298 g/mol. The molecule has 0 aliphatic carbocycles. The lowest BCUT2D eigenvalue weighted by Crippen LogP contribution is -2.28. The van der Waals surface area contributed by atoms with Gasteiger partial charge in [0, 0.05) is 12.3 Å².